The molecular formula is C20H21N5O4S. The molecule has 0 saturated heterocycles. The lowest BCUT2D eigenvalue weighted by atomic mass is 9.85. The van der Waals surface area contributed by atoms with Crippen molar-refractivity contribution < 1.29 is 18.3 Å². The first-order valence-corrected chi connectivity index (χ1v) is 11.2. The van der Waals surface area contributed by atoms with Crippen LogP contribution in [0.4, 0.5) is 11.5 Å². The summed E-state index contributed by atoms with van der Waals surface area (Å²) in [7, 11) is -3.59. The summed E-state index contributed by atoms with van der Waals surface area (Å²) in [5.74, 6) is 0.359. The Balaban J connectivity index is 1.86. The molecule has 1 aromatic heterocycles. The third kappa shape index (κ3) is 3.22. The number of aliphatic imine (C=N–C) groups is 1. The van der Waals surface area contributed by atoms with Crippen molar-refractivity contribution >= 4 is 38.7 Å². The van der Waals surface area contributed by atoms with E-state index in [-0.39, 0.29) is 28.4 Å². The van der Waals surface area contributed by atoms with Gasteiger partial charge in [0.05, 0.1) is 23.5 Å². The number of quaternary nitrogens is 1. The van der Waals surface area contributed by atoms with Crippen LogP contribution < -0.4 is 9.96 Å². The fraction of sp³-hybridized carbons (Fsp3) is 0.300. The molecule has 156 valence electrons. The van der Waals surface area contributed by atoms with Crippen molar-refractivity contribution in [2.45, 2.75) is 31.2 Å². The Labute approximate surface area is 174 Å². The van der Waals surface area contributed by atoms with E-state index >= 15 is 0 Å². The Morgan fingerprint density at radius 2 is 1.97 bits per heavy atom. The lowest BCUT2D eigenvalue weighted by Gasteiger charge is -2.25. The summed E-state index contributed by atoms with van der Waals surface area (Å²) in [5, 5.41) is 11.8. The molecule has 0 fully saturated rings. The van der Waals surface area contributed by atoms with Crippen molar-refractivity contribution in [3.05, 3.63) is 53.1 Å². The maximum Gasteiger partial charge on any atom is 0.242 e. The number of aromatic nitrogens is 2. The summed E-state index contributed by atoms with van der Waals surface area (Å²) in [6.07, 6.45) is 5.22. The molecule has 2 aliphatic heterocycles. The molecule has 0 aliphatic carbocycles. The lowest BCUT2D eigenvalue weighted by Crippen LogP contribution is -3.10. The third-order valence-corrected chi connectivity index (χ3v) is 6.35. The van der Waals surface area contributed by atoms with Crippen LogP contribution in [0.15, 0.2) is 46.8 Å². The minimum absolute atomic E-state index is 0.0482. The van der Waals surface area contributed by atoms with E-state index in [0.717, 1.165) is 29.2 Å². The van der Waals surface area contributed by atoms with Crippen molar-refractivity contribution in [3.63, 3.8) is 0 Å². The molecule has 0 radical (unpaired) electrons. The number of amides is 1. The molecule has 1 amide bonds. The minimum atomic E-state index is -3.59. The molecule has 1 unspecified atom stereocenters. The van der Waals surface area contributed by atoms with Crippen LogP contribution in [0.5, 0.6) is 0 Å². The number of hydrogen-bond acceptors (Lipinski definition) is 7. The highest BCUT2D eigenvalue weighted by Gasteiger charge is 2.45. The van der Waals surface area contributed by atoms with E-state index in [1.54, 1.807) is 27.0 Å². The third-order valence-electron chi connectivity index (χ3n) is 5.40. The SMILES string of the molecule is CC1=NC=C(c2ccc3c(c2)N(c2cncc(S(C)(=O)=O)n2)C(=O)C3(C)C)C[NH+]1[O-]. The summed E-state index contributed by atoms with van der Waals surface area (Å²) in [4.78, 5) is 26.9. The molecule has 10 heteroatoms. The van der Waals surface area contributed by atoms with Crippen molar-refractivity contribution in [2.24, 2.45) is 4.99 Å². The van der Waals surface area contributed by atoms with E-state index in [1.807, 2.05) is 18.2 Å². The summed E-state index contributed by atoms with van der Waals surface area (Å²) in [6.45, 7) is 5.51. The second kappa shape index (κ2) is 6.79. The largest absolute Gasteiger partial charge is 0.628 e. The first-order valence-electron chi connectivity index (χ1n) is 9.28. The summed E-state index contributed by atoms with van der Waals surface area (Å²) >= 11 is 0. The number of amidine groups is 1. The van der Waals surface area contributed by atoms with Crippen LogP contribution in [0.2, 0.25) is 0 Å². The number of hydrogen-bond donors (Lipinski definition) is 1. The summed E-state index contributed by atoms with van der Waals surface area (Å²) in [6, 6.07) is 5.53. The Morgan fingerprint density at radius 1 is 1.23 bits per heavy atom. The van der Waals surface area contributed by atoms with Gasteiger partial charge < -0.3 is 10.3 Å². The first kappa shape index (κ1) is 20.3. The van der Waals surface area contributed by atoms with Gasteiger partial charge in [-0.3, -0.25) is 14.7 Å². The quantitative estimate of drug-likeness (QED) is 0.730. The van der Waals surface area contributed by atoms with Crippen LogP contribution in [0, 0.1) is 5.21 Å². The normalized spacial score (nSPS) is 20.6. The number of anilines is 2. The van der Waals surface area contributed by atoms with Crippen molar-refractivity contribution in [1.82, 2.24) is 9.97 Å². The highest BCUT2D eigenvalue weighted by Crippen LogP contribution is 2.45. The molecule has 1 N–H and O–H groups in total. The van der Waals surface area contributed by atoms with Gasteiger partial charge in [-0.2, -0.15) is 0 Å². The van der Waals surface area contributed by atoms with Gasteiger partial charge in [0.1, 0.15) is 6.54 Å². The predicted octanol–water partition coefficient (Wildman–Crippen LogP) is 0.992. The number of sulfone groups is 1. The fourth-order valence-corrected chi connectivity index (χ4v) is 4.08. The molecule has 30 heavy (non-hydrogen) atoms. The van der Waals surface area contributed by atoms with Crippen molar-refractivity contribution in [2.75, 3.05) is 17.7 Å². The van der Waals surface area contributed by atoms with Crippen LogP contribution in [0.3, 0.4) is 0 Å². The molecule has 3 heterocycles. The Hall–Kier alpha value is -2.95. The van der Waals surface area contributed by atoms with Gasteiger partial charge in [-0.1, -0.05) is 12.1 Å². The smallest absolute Gasteiger partial charge is 0.242 e. The number of rotatable bonds is 3. The molecule has 0 saturated carbocycles. The average molecular weight is 427 g/mol. The maximum absolute atomic E-state index is 13.2. The topological polar surface area (TPSA) is 120 Å². The molecule has 1 aromatic carbocycles. The van der Waals surface area contributed by atoms with Crippen LogP contribution in [0.1, 0.15) is 31.9 Å². The number of nitrogens with one attached hydrogen (secondary N) is 1. The molecule has 9 nitrogen and oxygen atoms in total. The van der Waals surface area contributed by atoms with Gasteiger partial charge in [0.2, 0.25) is 5.91 Å². The van der Waals surface area contributed by atoms with Crippen LogP contribution in [-0.4, -0.2) is 42.9 Å². The van der Waals surface area contributed by atoms with Gasteiger partial charge in [-0.15, -0.1) is 0 Å². The second-order valence-corrected chi connectivity index (χ2v) is 9.92. The van der Waals surface area contributed by atoms with Gasteiger partial charge in [0.15, 0.2) is 26.5 Å². The monoisotopic (exact) mass is 427 g/mol. The fourth-order valence-electron chi connectivity index (χ4n) is 3.57. The van der Waals surface area contributed by atoms with Gasteiger partial charge in [0, 0.05) is 25.0 Å². The summed E-state index contributed by atoms with van der Waals surface area (Å²) in [5.41, 5.74) is 2.05. The molecular weight excluding hydrogens is 406 g/mol. The number of hydroxylamine groups is 2. The van der Waals surface area contributed by atoms with Crippen molar-refractivity contribution in [3.8, 4) is 0 Å². The zero-order chi connectivity index (χ0) is 21.8. The Bertz CT molecular complexity index is 1230. The van der Waals surface area contributed by atoms with E-state index in [0.29, 0.717) is 11.5 Å². The number of carbonyl (C=O) groups is 1. The maximum atomic E-state index is 13.2. The number of benzene rings is 1. The van der Waals surface area contributed by atoms with Crippen LogP contribution in [0.25, 0.3) is 5.57 Å². The Kier molecular flexibility index (Phi) is 4.60. The number of fused-ring (bicyclic) bond motifs is 1. The van der Waals surface area contributed by atoms with E-state index in [4.69, 9.17) is 0 Å². The molecule has 0 spiro atoms. The molecule has 0 bridgehead atoms. The second-order valence-electron chi connectivity index (χ2n) is 7.95. The van der Waals surface area contributed by atoms with E-state index in [2.05, 4.69) is 15.0 Å². The van der Waals surface area contributed by atoms with Gasteiger partial charge in [-0.25, -0.2) is 18.4 Å². The van der Waals surface area contributed by atoms with E-state index in [1.165, 1.54) is 11.1 Å². The highest BCUT2D eigenvalue weighted by atomic mass is 32.2. The molecule has 4 rings (SSSR count). The van der Waals surface area contributed by atoms with E-state index in [9.17, 15) is 18.4 Å². The predicted molar refractivity (Wildman–Crippen MR) is 112 cm³/mol. The van der Waals surface area contributed by atoms with Crippen LogP contribution >= 0.6 is 0 Å². The zero-order valence-corrected chi connectivity index (χ0v) is 17.8. The molecule has 2 aromatic rings. The Morgan fingerprint density at radius 3 is 2.63 bits per heavy atom. The molecule has 1 atom stereocenters. The first-order chi connectivity index (χ1) is 14.0. The van der Waals surface area contributed by atoms with Crippen LogP contribution in [-0.2, 0) is 20.0 Å². The van der Waals surface area contributed by atoms with Gasteiger partial charge in [-0.05, 0) is 31.0 Å². The highest BCUT2D eigenvalue weighted by molar-refractivity contribution is 7.90. The lowest BCUT2D eigenvalue weighted by molar-refractivity contribution is -0.739. The van der Waals surface area contributed by atoms with Crippen molar-refractivity contribution in [1.29, 1.82) is 0 Å². The summed E-state index contributed by atoms with van der Waals surface area (Å²) < 4.78 is 23.8. The van der Waals surface area contributed by atoms with Gasteiger partial charge in [0.25, 0.3) is 0 Å². The average Bonchev–Trinajstić information content (AvgIpc) is 2.89. The van der Waals surface area contributed by atoms with Gasteiger partial charge >= 0.3 is 0 Å². The molecule has 2 aliphatic rings. The van der Waals surface area contributed by atoms with E-state index < -0.39 is 15.3 Å². The standard InChI is InChI=1S/C20H21N5O4S/c1-12-22-8-14(11-24(12)27)13-5-6-15-16(7-13)25(19(26)20(15,2)3)17-9-21-10-18(23-17)30(4,28)29/h5-10,24H,11H2,1-4H3. The minimum Gasteiger partial charge on any atom is -0.628 e. The number of carbonyl (C=O) groups excluding carboxylic acids is 1. The number of nitrogens with zero attached hydrogens (tertiary/aromatic N) is 4. The zero-order valence-electron chi connectivity index (χ0n) is 17.0.